The SMILES string of the molecule is c1ccc(-c2cccc(-c3ccc(N(c4ccc5c(c4)oc4ccccc45)c4ccc5c(c4)sc4ccccc45)c(-c4ccccc4)c3)c2)cc1. The van der Waals surface area contributed by atoms with Gasteiger partial charge in [-0.2, -0.15) is 0 Å². The van der Waals surface area contributed by atoms with Gasteiger partial charge in [-0.25, -0.2) is 0 Å². The molecule has 0 amide bonds. The molecule has 2 heterocycles. The maximum absolute atomic E-state index is 6.44. The van der Waals surface area contributed by atoms with E-state index in [4.69, 9.17) is 4.42 Å². The number of nitrogens with zero attached hydrogens (tertiary/aromatic N) is 1. The van der Waals surface area contributed by atoms with Crippen LogP contribution in [0.3, 0.4) is 0 Å². The van der Waals surface area contributed by atoms with Gasteiger partial charge in [-0.3, -0.25) is 0 Å². The number of anilines is 3. The van der Waals surface area contributed by atoms with Gasteiger partial charge >= 0.3 is 0 Å². The van der Waals surface area contributed by atoms with Gasteiger partial charge in [0, 0.05) is 53.9 Å². The maximum atomic E-state index is 6.44. The lowest BCUT2D eigenvalue weighted by Gasteiger charge is -2.28. The van der Waals surface area contributed by atoms with Crippen LogP contribution in [0.5, 0.6) is 0 Å². The highest BCUT2D eigenvalue weighted by atomic mass is 32.1. The summed E-state index contributed by atoms with van der Waals surface area (Å²) in [6.45, 7) is 0. The van der Waals surface area contributed by atoms with Crippen LogP contribution in [0.2, 0.25) is 0 Å². The highest BCUT2D eigenvalue weighted by Crippen LogP contribution is 2.46. The number of fused-ring (bicyclic) bond motifs is 6. The summed E-state index contributed by atoms with van der Waals surface area (Å²) < 4.78 is 9.00. The summed E-state index contributed by atoms with van der Waals surface area (Å²) in [7, 11) is 0. The Morgan fingerprint density at radius 2 is 0.941 bits per heavy atom. The van der Waals surface area contributed by atoms with Crippen molar-refractivity contribution in [1.82, 2.24) is 0 Å². The van der Waals surface area contributed by atoms with Gasteiger partial charge in [-0.15, -0.1) is 11.3 Å². The minimum atomic E-state index is 0.872. The largest absolute Gasteiger partial charge is 0.456 e. The molecule has 0 fully saturated rings. The van der Waals surface area contributed by atoms with Crippen molar-refractivity contribution in [2.75, 3.05) is 4.90 Å². The molecule has 0 saturated carbocycles. The zero-order chi connectivity index (χ0) is 33.7. The van der Waals surface area contributed by atoms with Crippen LogP contribution >= 0.6 is 11.3 Å². The molecule has 0 saturated heterocycles. The molecule has 0 aliphatic heterocycles. The summed E-state index contributed by atoms with van der Waals surface area (Å²) in [6, 6.07) is 67.5. The lowest BCUT2D eigenvalue weighted by Crippen LogP contribution is -2.11. The van der Waals surface area contributed by atoms with Crippen molar-refractivity contribution in [3.05, 3.63) is 188 Å². The van der Waals surface area contributed by atoms with E-state index in [1.165, 1.54) is 42.4 Å². The minimum Gasteiger partial charge on any atom is -0.456 e. The zero-order valence-electron chi connectivity index (χ0n) is 27.7. The van der Waals surface area contributed by atoms with Crippen LogP contribution in [0.4, 0.5) is 17.1 Å². The maximum Gasteiger partial charge on any atom is 0.137 e. The van der Waals surface area contributed by atoms with Crippen molar-refractivity contribution in [3.8, 4) is 33.4 Å². The highest BCUT2D eigenvalue weighted by molar-refractivity contribution is 7.25. The van der Waals surface area contributed by atoms with Gasteiger partial charge in [0.2, 0.25) is 0 Å². The molecule has 10 rings (SSSR count). The molecule has 0 radical (unpaired) electrons. The molecule has 240 valence electrons. The average Bonchev–Trinajstić information content (AvgIpc) is 3.76. The molecule has 3 heteroatoms. The standard InChI is InChI=1S/C48H31NOS/c1-3-12-32(13-4-1)34-16-11-17-35(28-34)36-22-27-44(43(29-36)33-14-5-2-6-15-33)49(37-23-25-40-39-18-7-9-20-45(39)50-46(40)30-37)38-24-26-42-41-19-8-10-21-47(41)51-48(42)31-38/h1-31H. The molecule has 8 aromatic carbocycles. The molecular formula is C48H31NOS. The Labute approximate surface area is 300 Å². The fourth-order valence-corrected chi connectivity index (χ4v) is 8.54. The van der Waals surface area contributed by atoms with Crippen LogP contribution in [0.15, 0.2) is 192 Å². The molecular weight excluding hydrogens is 639 g/mol. The summed E-state index contributed by atoms with van der Waals surface area (Å²) >= 11 is 1.84. The number of benzene rings is 8. The second-order valence-electron chi connectivity index (χ2n) is 12.9. The summed E-state index contributed by atoms with van der Waals surface area (Å²) in [5.41, 5.74) is 12.1. The Morgan fingerprint density at radius 3 is 1.76 bits per heavy atom. The van der Waals surface area contributed by atoms with Crippen molar-refractivity contribution in [2.45, 2.75) is 0 Å². The monoisotopic (exact) mass is 669 g/mol. The molecule has 2 nitrogen and oxygen atoms in total. The third kappa shape index (κ3) is 5.18. The van der Waals surface area contributed by atoms with Crippen LogP contribution in [0.25, 0.3) is 75.5 Å². The van der Waals surface area contributed by atoms with E-state index in [1.54, 1.807) is 0 Å². The second kappa shape index (κ2) is 12.2. The Morgan fingerprint density at radius 1 is 0.353 bits per heavy atom. The molecule has 0 atom stereocenters. The lowest BCUT2D eigenvalue weighted by atomic mass is 9.94. The minimum absolute atomic E-state index is 0.872. The Kier molecular flexibility index (Phi) is 7.04. The molecule has 0 bridgehead atoms. The average molecular weight is 670 g/mol. The van der Waals surface area contributed by atoms with Crippen LogP contribution in [-0.2, 0) is 0 Å². The summed E-state index contributed by atoms with van der Waals surface area (Å²) in [5.74, 6) is 0. The van der Waals surface area contributed by atoms with E-state index in [2.05, 4.69) is 181 Å². The number of rotatable bonds is 6. The smallest absolute Gasteiger partial charge is 0.137 e. The first-order valence-corrected chi connectivity index (χ1v) is 18.1. The van der Waals surface area contributed by atoms with Crippen LogP contribution < -0.4 is 4.90 Å². The fraction of sp³-hybridized carbons (Fsp3) is 0. The molecule has 0 aliphatic carbocycles. The topological polar surface area (TPSA) is 16.4 Å². The van der Waals surface area contributed by atoms with Gasteiger partial charge in [0.25, 0.3) is 0 Å². The van der Waals surface area contributed by atoms with Crippen molar-refractivity contribution in [3.63, 3.8) is 0 Å². The van der Waals surface area contributed by atoms with Gasteiger partial charge < -0.3 is 9.32 Å². The number of furan rings is 1. The van der Waals surface area contributed by atoms with Gasteiger partial charge in [-0.1, -0.05) is 127 Å². The van der Waals surface area contributed by atoms with Crippen molar-refractivity contribution in [2.24, 2.45) is 0 Å². The van der Waals surface area contributed by atoms with Crippen LogP contribution in [0.1, 0.15) is 0 Å². The van der Waals surface area contributed by atoms with E-state index in [9.17, 15) is 0 Å². The molecule has 2 aromatic heterocycles. The molecule has 10 aromatic rings. The predicted octanol–water partition coefficient (Wildman–Crippen LogP) is 14.4. The van der Waals surface area contributed by atoms with Gasteiger partial charge in [-0.05, 0) is 82.4 Å². The first kappa shape index (κ1) is 29.5. The summed E-state index contributed by atoms with van der Waals surface area (Å²) in [5, 5.41) is 4.82. The highest BCUT2D eigenvalue weighted by Gasteiger charge is 2.21. The van der Waals surface area contributed by atoms with Gasteiger partial charge in [0.05, 0.1) is 5.69 Å². The summed E-state index contributed by atoms with van der Waals surface area (Å²) in [4.78, 5) is 2.39. The predicted molar refractivity (Wildman–Crippen MR) is 218 cm³/mol. The van der Waals surface area contributed by atoms with E-state index in [1.807, 2.05) is 23.5 Å². The fourth-order valence-electron chi connectivity index (χ4n) is 7.40. The van der Waals surface area contributed by atoms with E-state index >= 15 is 0 Å². The molecule has 0 unspecified atom stereocenters. The van der Waals surface area contributed by atoms with Crippen molar-refractivity contribution >= 4 is 70.5 Å². The third-order valence-corrected chi connectivity index (χ3v) is 11.0. The van der Waals surface area contributed by atoms with E-state index in [-0.39, 0.29) is 0 Å². The van der Waals surface area contributed by atoms with E-state index in [0.717, 1.165) is 50.1 Å². The number of hydrogen-bond donors (Lipinski definition) is 0. The van der Waals surface area contributed by atoms with Crippen molar-refractivity contribution in [1.29, 1.82) is 0 Å². The molecule has 0 spiro atoms. The second-order valence-corrected chi connectivity index (χ2v) is 14.0. The lowest BCUT2D eigenvalue weighted by molar-refractivity contribution is 0.669. The zero-order valence-corrected chi connectivity index (χ0v) is 28.5. The Bertz CT molecular complexity index is 2750. The molecule has 51 heavy (non-hydrogen) atoms. The van der Waals surface area contributed by atoms with Gasteiger partial charge in [0.15, 0.2) is 0 Å². The normalized spacial score (nSPS) is 11.5. The Hall–Kier alpha value is -6.42. The quantitative estimate of drug-likeness (QED) is 0.175. The third-order valence-electron chi connectivity index (χ3n) is 9.87. The van der Waals surface area contributed by atoms with Crippen LogP contribution in [-0.4, -0.2) is 0 Å². The molecule has 0 N–H and O–H groups in total. The first-order valence-electron chi connectivity index (χ1n) is 17.2. The Balaban J connectivity index is 1.20. The van der Waals surface area contributed by atoms with E-state index < -0.39 is 0 Å². The first-order chi connectivity index (χ1) is 25.3. The number of hydrogen-bond acceptors (Lipinski definition) is 3. The number of para-hydroxylation sites is 1. The van der Waals surface area contributed by atoms with E-state index in [0.29, 0.717) is 0 Å². The van der Waals surface area contributed by atoms with Crippen molar-refractivity contribution < 1.29 is 4.42 Å². The van der Waals surface area contributed by atoms with Crippen LogP contribution in [0, 0.1) is 0 Å². The number of thiophene rings is 1. The molecule has 0 aliphatic rings. The summed E-state index contributed by atoms with van der Waals surface area (Å²) in [6.07, 6.45) is 0. The van der Waals surface area contributed by atoms with Gasteiger partial charge in [0.1, 0.15) is 11.2 Å².